The molecule has 6 heteroatoms. The predicted molar refractivity (Wildman–Crippen MR) is 93.2 cm³/mol. The molecule has 0 fully saturated rings. The molecule has 0 unspecified atom stereocenters. The summed E-state index contributed by atoms with van der Waals surface area (Å²) in [6.07, 6.45) is 0. The van der Waals surface area contributed by atoms with Gasteiger partial charge in [-0.3, -0.25) is 4.79 Å². The Hall–Kier alpha value is -2.18. The Balaban J connectivity index is 1.85. The van der Waals surface area contributed by atoms with Gasteiger partial charge in [0.15, 0.2) is 0 Å². The van der Waals surface area contributed by atoms with E-state index in [2.05, 4.69) is 26.2 Å². The summed E-state index contributed by atoms with van der Waals surface area (Å²) in [5.74, 6) is 0.627. The number of carbonyl (C=O) groups is 1. The number of halogens is 1. The molecule has 2 aromatic carbocycles. The molecule has 0 spiro atoms. The number of hydrogen-bond donors (Lipinski definition) is 1. The summed E-state index contributed by atoms with van der Waals surface area (Å²) in [7, 11) is 1.62. The second-order valence-corrected chi connectivity index (χ2v) is 6.01. The first-order valence-corrected chi connectivity index (χ1v) is 7.95. The molecule has 0 atom stereocenters. The lowest BCUT2D eigenvalue weighted by Crippen LogP contribution is -2.20. The van der Waals surface area contributed by atoms with E-state index in [1.54, 1.807) is 7.11 Å². The number of nitrogens with one attached hydrogen (secondary N) is 1. The molecular formula is C17H16BrN3O2. The molecular weight excluding hydrogens is 358 g/mol. The van der Waals surface area contributed by atoms with E-state index >= 15 is 0 Å². The maximum Gasteiger partial charge on any atom is 0.244 e. The highest BCUT2D eigenvalue weighted by molar-refractivity contribution is 9.10. The summed E-state index contributed by atoms with van der Waals surface area (Å²) in [4.78, 5) is 16.9. The molecule has 1 aromatic heterocycles. The van der Waals surface area contributed by atoms with Crippen LogP contribution in [0.25, 0.3) is 11.0 Å². The first kappa shape index (κ1) is 15.7. The van der Waals surface area contributed by atoms with Crippen LogP contribution >= 0.6 is 15.9 Å². The molecule has 23 heavy (non-hydrogen) atoms. The van der Waals surface area contributed by atoms with Gasteiger partial charge in [-0.25, -0.2) is 4.98 Å². The van der Waals surface area contributed by atoms with Crippen molar-refractivity contribution in [1.29, 1.82) is 0 Å². The Morgan fingerprint density at radius 3 is 2.87 bits per heavy atom. The zero-order chi connectivity index (χ0) is 16.2. The summed E-state index contributed by atoms with van der Waals surface area (Å²) in [5.41, 5.74) is 2.53. The number of para-hydroxylation sites is 2. The number of nitrogens with zero attached hydrogens (tertiary/aromatic N) is 2. The predicted octanol–water partition coefficient (Wildman–Crippen LogP) is 3.58. The smallest absolute Gasteiger partial charge is 0.244 e. The molecule has 5 nitrogen and oxygen atoms in total. The summed E-state index contributed by atoms with van der Waals surface area (Å²) in [6.45, 7) is 0.546. The maximum atomic E-state index is 12.4. The zero-order valence-electron chi connectivity index (χ0n) is 12.6. The second kappa shape index (κ2) is 6.93. The van der Waals surface area contributed by atoms with Gasteiger partial charge in [0, 0.05) is 17.3 Å². The Morgan fingerprint density at radius 1 is 1.26 bits per heavy atom. The molecule has 1 amide bonds. The van der Waals surface area contributed by atoms with Crippen molar-refractivity contribution < 1.29 is 9.53 Å². The number of imidazole rings is 1. The number of aromatic nitrogens is 2. The molecule has 0 bridgehead atoms. The number of hydrogen-bond acceptors (Lipinski definition) is 3. The van der Waals surface area contributed by atoms with Gasteiger partial charge in [0.1, 0.15) is 19.0 Å². The van der Waals surface area contributed by atoms with Crippen molar-refractivity contribution in [2.75, 3.05) is 12.4 Å². The van der Waals surface area contributed by atoms with Crippen molar-refractivity contribution in [3.05, 3.63) is 58.8 Å². The molecule has 0 radical (unpaired) electrons. The van der Waals surface area contributed by atoms with E-state index in [-0.39, 0.29) is 12.5 Å². The number of carbonyl (C=O) groups excluding carboxylic acids is 1. The first-order valence-electron chi connectivity index (χ1n) is 7.16. The van der Waals surface area contributed by atoms with E-state index in [1.807, 2.05) is 53.1 Å². The van der Waals surface area contributed by atoms with Crippen molar-refractivity contribution in [3.8, 4) is 0 Å². The molecule has 1 N–H and O–H groups in total. The van der Waals surface area contributed by atoms with Crippen molar-refractivity contribution in [3.63, 3.8) is 0 Å². The van der Waals surface area contributed by atoms with Gasteiger partial charge in [-0.1, -0.05) is 34.1 Å². The fourth-order valence-electron chi connectivity index (χ4n) is 2.45. The first-order chi connectivity index (χ1) is 11.2. The summed E-state index contributed by atoms with van der Waals surface area (Å²) < 4.78 is 7.99. The molecule has 0 aliphatic carbocycles. The molecule has 0 aliphatic heterocycles. The van der Waals surface area contributed by atoms with Crippen molar-refractivity contribution in [1.82, 2.24) is 9.55 Å². The van der Waals surface area contributed by atoms with Crippen LogP contribution in [0.5, 0.6) is 0 Å². The highest BCUT2D eigenvalue weighted by Gasteiger charge is 2.13. The van der Waals surface area contributed by atoms with Gasteiger partial charge < -0.3 is 14.6 Å². The third-order valence-electron chi connectivity index (χ3n) is 3.42. The lowest BCUT2D eigenvalue weighted by Gasteiger charge is -2.10. The van der Waals surface area contributed by atoms with Crippen molar-refractivity contribution in [2.45, 2.75) is 13.2 Å². The Kier molecular flexibility index (Phi) is 4.73. The quantitative estimate of drug-likeness (QED) is 0.743. The van der Waals surface area contributed by atoms with Gasteiger partial charge >= 0.3 is 0 Å². The maximum absolute atomic E-state index is 12.4. The van der Waals surface area contributed by atoms with Crippen LogP contribution in [-0.2, 0) is 22.7 Å². The van der Waals surface area contributed by atoms with Crippen molar-refractivity contribution in [2.24, 2.45) is 0 Å². The molecule has 3 rings (SSSR count). The third kappa shape index (κ3) is 3.60. The van der Waals surface area contributed by atoms with E-state index in [0.29, 0.717) is 6.61 Å². The molecule has 3 aromatic rings. The van der Waals surface area contributed by atoms with Crippen LogP contribution in [0, 0.1) is 0 Å². The normalized spacial score (nSPS) is 10.9. The van der Waals surface area contributed by atoms with Gasteiger partial charge in [-0.2, -0.15) is 0 Å². The van der Waals surface area contributed by atoms with Crippen LogP contribution in [0.1, 0.15) is 5.82 Å². The minimum Gasteiger partial charge on any atom is -0.377 e. The van der Waals surface area contributed by atoms with Crippen molar-refractivity contribution >= 4 is 38.6 Å². The molecule has 0 saturated heterocycles. The molecule has 0 aliphatic rings. The Labute approximate surface area is 142 Å². The summed E-state index contributed by atoms with van der Waals surface area (Å²) in [5, 5.41) is 2.90. The number of anilines is 1. The third-order valence-corrected chi connectivity index (χ3v) is 3.91. The number of amides is 1. The minimum atomic E-state index is -0.108. The average molecular weight is 374 g/mol. The SMILES string of the molecule is COCc1nc2ccccc2n1CC(=O)Nc1cccc(Br)c1. The van der Waals surface area contributed by atoms with Crippen LogP contribution in [0.15, 0.2) is 53.0 Å². The molecule has 1 heterocycles. The van der Waals surface area contributed by atoms with Gasteiger partial charge in [-0.15, -0.1) is 0 Å². The lowest BCUT2D eigenvalue weighted by atomic mass is 10.3. The van der Waals surface area contributed by atoms with E-state index in [4.69, 9.17) is 4.74 Å². The summed E-state index contributed by atoms with van der Waals surface area (Å²) in [6, 6.07) is 15.2. The largest absolute Gasteiger partial charge is 0.377 e. The fourth-order valence-corrected chi connectivity index (χ4v) is 2.85. The van der Waals surface area contributed by atoms with Crippen LogP contribution < -0.4 is 5.32 Å². The Morgan fingerprint density at radius 2 is 2.09 bits per heavy atom. The number of rotatable bonds is 5. The van der Waals surface area contributed by atoms with Gasteiger partial charge in [0.05, 0.1) is 11.0 Å². The average Bonchev–Trinajstić information content (AvgIpc) is 2.85. The fraction of sp³-hybridized carbons (Fsp3) is 0.176. The van der Waals surface area contributed by atoms with Crippen LogP contribution in [0.2, 0.25) is 0 Å². The van der Waals surface area contributed by atoms with Gasteiger partial charge in [0.25, 0.3) is 0 Å². The standard InChI is InChI=1S/C17H16BrN3O2/c1-23-11-16-20-14-7-2-3-8-15(14)21(16)10-17(22)19-13-6-4-5-12(18)9-13/h2-9H,10-11H2,1H3,(H,19,22). The minimum absolute atomic E-state index is 0.108. The monoisotopic (exact) mass is 373 g/mol. The van der Waals surface area contributed by atoms with Gasteiger partial charge in [0.2, 0.25) is 5.91 Å². The van der Waals surface area contributed by atoms with E-state index in [1.165, 1.54) is 0 Å². The highest BCUT2D eigenvalue weighted by atomic mass is 79.9. The van der Waals surface area contributed by atoms with E-state index in [0.717, 1.165) is 27.0 Å². The van der Waals surface area contributed by atoms with Gasteiger partial charge in [-0.05, 0) is 30.3 Å². The van der Waals surface area contributed by atoms with Crippen LogP contribution in [0.4, 0.5) is 5.69 Å². The molecule has 118 valence electrons. The van der Waals surface area contributed by atoms with E-state index < -0.39 is 0 Å². The number of methoxy groups -OCH3 is 1. The summed E-state index contributed by atoms with van der Waals surface area (Å²) >= 11 is 3.39. The molecule has 0 saturated carbocycles. The number of ether oxygens (including phenoxy) is 1. The number of benzene rings is 2. The highest BCUT2D eigenvalue weighted by Crippen LogP contribution is 2.18. The van der Waals surface area contributed by atoms with E-state index in [9.17, 15) is 4.79 Å². The topological polar surface area (TPSA) is 56.2 Å². The lowest BCUT2D eigenvalue weighted by molar-refractivity contribution is -0.116. The Bertz CT molecular complexity index is 845. The zero-order valence-corrected chi connectivity index (χ0v) is 14.2. The number of fused-ring (bicyclic) bond motifs is 1. The second-order valence-electron chi connectivity index (χ2n) is 5.09. The van der Waals surface area contributed by atoms with Crippen LogP contribution in [0.3, 0.4) is 0 Å². The van der Waals surface area contributed by atoms with Crippen LogP contribution in [-0.4, -0.2) is 22.6 Å².